The Bertz CT molecular complexity index is 618. The topological polar surface area (TPSA) is 80.9 Å². The van der Waals surface area contributed by atoms with Crippen LogP contribution in [0.1, 0.15) is 37.8 Å². The Morgan fingerprint density at radius 2 is 1.00 bits per heavy atom. The highest BCUT2D eigenvalue weighted by atomic mass is 16.3. The van der Waals surface area contributed by atoms with E-state index >= 15 is 0 Å². The second-order valence-electron chi connectivity index (χ2n) is 5.52. The SMILES string of the molecule is CCCc1cc(O)c(O)c(-c2cc(CCC)cc(O)c2O)c1. The molecule has 2 aromatic carbocycles. The zero-order valence-corrected chi connectivity index (χ0v) is 12.9. The first-order valence-electron chi connectivity index (χ1n) is 7.58. The molecular formula is C18H22O4. The van der Waals surface area contributed by atoms with E-state index in [0.717, 1.165) is 36.8 Å². The molecule has 0 aromatic heterocycles. The summed E-state index contributed by atoms with van der Waals surface area (Å²) in [6.07, 6.45) is 3.30. The average molecular weight is 302 g/mol. The van der Waals surface area contributed by atoms with Gasteiger partial charge in [0.2, 0.25) is 0 Å². The van der Waals surface area contributed by atoms with Crippen LogP contribution in [0, 0.1) is 0 Å². The lowest BCUT2D eigenvalue weighted by Crippen LogP contribution is -1.91. The third-order valence-electron chi connectivity index (χ3n) is 3.67. The molecular weight excluding hydrogens is 280 g/mol. The highest BCUT2D eigenvalue weighted by Gasteiger charge is 2.17. The third kappa shape index (κ3) is 3.11. The number of aryl methyl sites for hydroxylation is 2. The van der Waals surface area contributed by atoms with Gasteiger partial charge in [-0.15, -0.1) is 0 Å². The van der Waals surface area contributed by atoms with E-state index in [9.17, 15) is 20.4 Å². The Hall–Kier alpha value is -2.36. The largest absolute Gasteiger partial charge is 0.504 e. The zero-order valence-electron chi connectivity index (χ0n) is 12.9. The number of rotatable bonds is 5. The molecule has 0 aliphatic rings. The van der Waals surface area contributed by atoms with E-state index in [1.165, 1.54) is 12.1 Å². The van der Waals surface area contributed by atoms with Crippen LogP contribution < -0.4 is 0 Å². The number of benzene rings is 2. The van der Waals surface area contributed by atoms with Crippen LogP contribution in [0.25, 0.3) is 11.1 Å². The van der Waals surface area contributed by atoms with E-state index in [-0.39, 0.29) is 23.0 Å². The van der Waals surface area contributed by atoms with Crippen LogP contribution in [0.15, 0.2) is 24.3 Å². The molecule has 0 heterocycles. The predicted octanol–water partition coefficient (Wildman–Crippen LogP) is 4.08. The number of aromatic hydroxyl groups is 4. The zero-order chi connectivity index (χ0) is 16.3. The van der Waals surface area contributed by atoms with Crippen molar-refractivity contribution in [1.29, 1.82) is 0 Å². The Morgan fingerprint density at radius 1 is 0.636 bits per heavy atom. The van der Waals surface area contributed by atoms with Crippen LogP contribution in [0.5, 0.6) is 23.0 Å². The first-order chi connectivity index (χ1) is 10.5. The van der Waals surface area contributed by atoms with Gasteiger partial charge >= 0.3 is 0 Å². The number of phenolic OH excluding ortho intramolecular Hbond substituents is 4. The minimum atomic E-state index is -0.289. The number of phenols is 4. The molecule has 0 aliphatic heterocycles. The molecule has 2 rings (SSSR count). The summed E-state index contributed by atoms with van der Waals surface area (Å²) in [5.74, 6) is -1.02. The second-order valence-corrected chi connectivity index (χ2v) is 5.52. The van der Waals surface area contributed by atoms with Crippen molar-refractivity contribution in [1.82, 2.24) is 0 Å². The van der Waals surface area contributed by atoms with Crippen LogP contribution in [0.4, 0.5) is 0 Å². The summed E-state index contributed by atoms with van der Waals surface area (Å²) in [5.41, 5.74) is 2.39. The molecule has 0 spiro atoms. The standard InChI is InChI=1S/C18H22O4/c1-3-5-11-7-13(17(21)15(19)9-11)14-8-12(6-4-2)10-16(20)18(14)22/h7-10,19-22H,3-6H2,1-2H3. The molecule has 2 aromatic rings. The van der Waals surface area contributed by atoms with E-state index in [2.05, 4.69) is 0 Å². The predicted molar refractivity (Wildman–Crippen MR) is 86.5 cm³/mol. The maximum absolute atomic E-state index is 10.1. The Balaban J connectivity index is 2.64. The molecule has 0 saturated heterocycles. The Morgan fingerprint density at radius 3 is 1.32 bits per heavy atom. The molecule has 118 valence electrons. The average Bonchev–Trinajstić information content (AvgIpc) is 2.47. The molecule has 0 radical (unpaired) electrons. The summed E-state index contributed by atoms with van der Waals surface area (Å²) in [6, 6.07) is 6.52. The fraction of sp³-hybridized carbons (Fsp3) is 0.333. The fourth-order valence-electron chi connectivity index (χ4n) is 2.63. The van der Waals surface area contributed by atoms with Crippen molar-refractivity contribution < 1.29 is 20.4 Å². The fourth-order valence-corrected chi connectivity index (χ4v) is 2.63. The molecule has 0 saturated carbocycles. The van der Waals surface area contributed by atoms with Crippen molar-refractivity contribution >= 4 is 0 Å². The lowest BCUT2D eigenvalue weighted by Gasteiger charge is -2.13. The van der Waals surface area contributed by atoms with Gasteiger partial charge in [-0.2, -0.15) is 0 Å². The van der Waals surface area contributed by atoms with Gasteiger partial charge in [0.15, 0.2) is 23.0 Å². The van der Waals surface area contributed by atoms with Gasteiger partial charge in [0, 0.05) is 11.1 Å². The van der Waals surface area contributed by atoms with Crippen LogP contribution in [-0.4, -0.2) is 20.4 Å². The minimum absolute atomic E-state index is 0.222. The van der Waals surface area contributed by atoms with Crippen molar-refractivity contribution in [2.75, 3.05) is 0 Å². The second kappa shape index (κ2) is 6.60. The van der Waals surface area contributed by atoms with E-state index in [0.29, 0.717) is 11.1 Å². The van der Waals surface area contributed by atoms with Crippen LogP contribution in [0.3, 0.4) is 0 Å². The summed E-state index contributed by atoms with van der Waals surface area (Å²) in [5, 5.41) is 40.1. The van der Waals surface area contributed by atoms with Crippen LogP contribution in [-0.2, 0) is 12.8 Å². The van der Waals surface area contributed by atoms with Crippen molar-refractivity contribution in [3.8, 4) is 34.1 Å². The third-order valence-corrected chi connectivity index (χ3v) is 3.67. The number of hydrogen-bond acceptors (Lipinski definition) is 4. The van der Waals surface area contributed by atoms with Crippen molar-refractivity contribution in [3.05, 3.63) is 35.4 Å². The summed E-state index contributed by atoms with van der Waals surface area (Å²) >= 11 is 0. The maximum Gasteiger partial charge on any atom is 0.165 e. The quantitative estimate of drug-likeness (QED) is 0.627. The lowest BCUT2D eigenvalue weighted by molar-refractivity contribution is 0.399. The van der Waals surface area contributed by atoms with Gasteiger partial charge in [0.1, 0.15) is 0 Å². The molecule has 0 bridgehead atoms. The first kappa shape index (κ1) is 16.0. The molecule has 4 N–H and O–H groups in total. The molecule has 0 amide bonds. The summed E-state index contributed by atoms with van der Waals surface area (Å²) in [7, 11) is 0. The Labute approximate surface area is 130 Å². The van der Waals surface area contributed by atoms with E-state index in [1.807, 2.05) is 13.8 Å². The van der Waals surface area contributed by atoms with E-state index in [4.69, 9.17) is 0 Å². The van der Waals surface area contributed by atoms with E-state index < -0.39 is 0 Å². The number of hydrogen-bond donors (Lipinski definition) is 4. The van der Waals surface area contributed by atoms with Gasteiger partial charge in [-0.1, -0.05) is 26.7 Å². The van der Waals surface area contributed by atoms with Gasteiger partial charge in [-0.3, -0.25) is 0 Å². The maximum atomic E-state index is 10.1. The molecule has 0 fully saturated rings. The molecule has 4 nitrogen and oxygen atoms in total. The van der Waals surface area contributed by atoms with Gasteiger partial charge in [0.25, 0.3) is 0 Å². The molecule has 0 unspecified atom stereocenters. The lowest BCUT2D eigenvalue weighted by atomic mass is 9.95. The van der Waals surface area contributed by atoms with E-state index in [1.54, 1.807) is 12.1 Å². The molecule has 0 aliphatic carbocycles. The molecule has 0 atom stereocenters. The van der Waals surface area contributed by atoms with Crippen LogP contribution >= 0.6 is 0 Å². The highest BCUT2D eigenvalue weighted by Crippen LogP contribution is 2.45. The van der Waals surface area contributed by atoms with Crippen molar-refractivity contribution in [2.24, 2.45) is 0 Å². The monoisotopic (exact) mass is 302 g/mol. The first-order valence-corrected chi connectivity index (χ1v) is 7.58. The van der Waals surface area contributed by atoms with Gasteiger partial charge in [-0.25, -0.2) is 0 Å². The summed E-state index contributed by atoms with van der Waals surface area (Å²) in [4.78, 5) is 0. The van der Waals surface area contributed by atoms with Crippen molar-refractivity contribution in [2.45, 2.75) is 39.5 Å². The highest BCUT2D eigenvalue weighted by molar-refractivity contribution is 5.80. The van der Waals surface area contributed by atoms with Gasteiger partial charge in [0.05, 0.1) is 0 Å². The summed E-state index contributed by atoms with van der Waals surface area (Å²) in [6.45, 7) is 4.05. The van der Waals surface area contributed by atoms with Crippen LogP contribution in [0.2, 0.25) is 0 Å². The molecule has 4 heteroatoms. The normalized spacial score (nSPS) is 10.8. The summed E-state index contributed by atoms with van der Waals surface area (Å²) < 4.78 is 0. The molecule has 22 heavy (non-hydrogen) atoms. The van der Waals surface area contributed by atoms with Gasteiger partial charge in [-0.05, 0) is 48.2 Å². The Kier molecular flexibility index (Phi) is 4.81. The minimum Gasteiger partial charge on any atom is -0.504 e. The smallest absolute Gasteiger partial charge is 0.165 e. The van der Waals surface area contributed by atoms with Gasteiger partial charge < -0.3 is 20.4 Å². The van der Waals surface area contributed by atoms with Crippen molar-refractivity contribution in [3.63, 3.8) is 0 Å².